The zero-order valence-corrected chi connectivity index (χ0v) is 12.5. The summed E-state index contributed by atoms with van der Waals surface area (Å²) in [6, 6.07) is 3.84. The maximum atomic E-state index is 11.2. The van der Waals surface area contributed by atoms with Crippen LogP contribution in [0.1, 0.15) is 26.3 Å². The lowest BCUT2D eigenvalue weighted by atomic mass is 10.2. The summed E-state index contributed by atoms with van der Waals surface area (Å²) in [5.41, 5.74) is 1.58. The van der Waals surface area contributed by atoms with Crippen molar-refractivity contribution in [2.24, 2.45) is 0 Å². The average molecular weight is 278 g/mol. The molecule has 0 saturated carbocycles. The molecule has 0 aliphatic rings. The van der Waals surface area contributed by atoms with Gasteiger partial charge in [-0.25, -0.2) is 9.78 Å². The molecule has 20 heavy (non-hydrogen) atoms. The molecule has 0 fully saturated rings. The van der Waals surface area contributed by atoms with Gasteiger partial charge in [-0.15, -0.1) is 0 Å². The van der Waals surface area contributed by atoms with Crippen molar-refractivity contribution >= 4 is 5.97 Å². The number of carbonyl (C=O) groups excluding carboxylic acids is 1. The molecular weight excluding hydrogens is 256 g/mol. The van der Waals surface area contributed by atoms with Crippen LogP contribution in [0.5, 0.6) is 5.88 Å². The van der Waals surface area contributed by atoms with Crippen molar-refractivity contribution in [3.05, 3.63) is 35.5 Å². The Balaban J connectivity index is 2.52. The van der Waals surface area contributed by atoms with Gasteiger partial charge in [-0.2, -0.15) is 0 Å². The fourth-order valence-electron chi connectivity index (χ4n) is 1.56. The van der Waals surface area contributed by atoms with Gasteiger partial charge < -0.3 is 14.8 Å². The van der Waals surface area contributed by atoms with E-state index < -0.39 is 0 Å². The number of ether oxygens (including phenoxy) is 2. The van der Waals surface area contributed by atoms with E-state index in [1.165, 1.54) is 7.11 Å². The van der Waals surface area contributed by atoms with E-state index in [9.17, 15) is 4.79 Å². The molecule has 0 bridgehead atoms. The summed E-state index contributed by atoms with van der Waals surface area (Å²) < 4.78 is 10.3. The average Bonchev–Trinajstić information content (AvgIpc) is 2.43. The van der Waals surface area contributed by atoms with Crippen molar-refractivity contribution in [1.82, 2.24) is 10.3 Å². The Morgan fingerprint density at radius 3 is 2.90 bits per heavy atom. The van der Waals surface area contributed by atoms with E-state index in [-0.39, 0.29) is 12.1 Å². The molecular formula is C15H22N2O3. The number of pyridine rings is 1. The van der Waals surface area contributed by atoms with Crippen LogP contribution in [-0.4, -0.2) is 30.7 Å². The number of rotatable bonds is 7. The first-order valence-electron chi connectivity index (χ1n) is 6.61. The van der Waals surface area contributed by atoms with Gasteiger partial charge in [-0.1, -0.05) is 12.1 Å². The maximum absolute atomic E-state index is 11.2. The summed E-state index contributed by atoms with van der Waals surface area (Å²) in [5.74, 6) is 0.334. The highest BCUT2D eigenvalue weighted by molar-refractivity contribution is 5.87. The molecule has 1 aromatic rings. The molecule has 5 heteroatoms. The predicted octanol–water partition coefficient (Wildman–Crippen LogP) is 2.08. The summed E-state index contributed by atoms with van der Waals surface area (Å²) in [6.45, 7) is 6.87. The summed E-state index contributed by atoms with van der Waals surface area (Å²) in [7, 11) is 1.37. The van der Waals surface area contributed by atoms with Gasteiger partial charge in [-0.3, -0.25) is 0 Å². The minimum atomic E-state index is -0.308. The van der Waals surface area contributed by atoms with Crippen molar-refractivity contribution in [1.29, 1.82) is 0 Å². The molecule has 1 aromatic heterocycles. The van der Waals surface area contributed by atoms with Gasteiger partial charge in [-0.05, 0) is 26.8 Å². The van der Waals surface area contributed by atoms with Crippen LogP contribution in [0.3, 0.4) is 0 Å². The van der Waals surface area contributed by atoms with Gasteiger partial charge in [0.2, 0.25) is 5.88 Å². The molecule has 0 saturated heterocycles. The van der Waals surface area contributed by atoms with Crippen LogP contribution in [0.2, 0.25) is 0 Å². The summed E-state index contributed by atoms with van der Waals surface area (Å²) in [4.78, 5) is 15.4. The molecule has 1 rings (SSSR count). The van der Waals surface area contributed by atoms with E-state index in [2.05, 4.69) is 15.0 Å². The van der Waals surface area contributed by atoms with E-state index in [0.717, 1.165) is 5.56 Å². The Morgan fingerprint density at radius 1 is 1.50 bits per heavy atom. The summed E-state index contributed by atoms with van der Waals surface area (Å²) in [5, 5.41) is 3.22. The highest BCUT2D eigenvalue weighted by Crippen LogP contribution is 2.15. The number of aromatic nitrogens is 1. The Labute approximate surface area is 120 Å². The van der Waals surface area contributed by atoms with E-state index in [1.54, 1.807) is 19.2 Å². The molecule has 0 spiro atoms. The second kappa shape index (κ2) is 8.32. The summed E-state index contributed by atoms with van der Waals surface area (Å²) in [6.07, 6.45) is 3.60. The lowest BCUT2D eigenvalue weighted by Crippen LogP contribution is -2.17. The van der Waals surface area contributed by atoms with Gasteiger partial charge >= 0.3 is 5.97 Å². The van der Waals surface area contributed by atoms with Crippen molar-refractivity contribution in [2.75, 3.05) is 13.7 Å². The van der Waals surface area contributed by atoms with E-state index in [1.807, 2.05) is 26.0 Å². The van der Waals surface area contributed by atoms with Gasteiger partial charge in [0.25, 0.3) is 0 Å². The molecule has 0 atom stereocenters. The minimum absolute atomic E-state index is 0.0881. The number of esters is 1. The standard InChI is InChI=1S/C15H22N2O3/c1-11(2)20-14-13(6-5-8-17-14)10-16-9-7-12(3)15(18)19-4/h5-8,11,16H,9-10H2,1-4H3/b12-7+. The van der Waals surface area contributed by atoms with Crippen LogP contribution in [0.25, 0.3) is 0 Å². The van der Waals surface area contributed by atoms with Crippen molar-refractivity contribution in [3.63, 3.8) is 0 Å². The Morgan fingerprint density at radius 2 is 2.25 bits per heavy atom. The first-order valence-corrected chi connectivity index (χ1v) is 6.61. The van der Waals surface area contributed by atoms with Crippen LogP contribution >= 0.6 is 0 Å². The number of methoxy groups -OCH3 is 1. The van der Waals surface area contributed by atoms with Crippen LogP contribution in [0, 0.1) is 0 Å². The molecule has 0 aromatic carbocycles. The third-order valence-corrected chi connectivity index (χ3v) is 2.57. The number of hydrogen-bond acceptors (Lipinski definition) is 5. The van der Waals surface area contributed by atoms with Crippen molar-refractivity contribution < 1.29 is 14.3 Å². The van der Waals surface area contributed by atoms with Crippen LogP contribution in [0.4, 0.5) is 0 Å². The number of carbonyl (C=O) groups is 1. The lowest BCUT2D eigenvalue weighted by molar-refractivity contribution is -0.136. The molecule has 0 aliphatic heterocycles. The smallest absolute Gasteiger partial charge is 0.333 e. The zero-order chi connectivity index (χ0) is 15.0. The maximum Gasteiger partial charge on any atom is 0.333 e. The molecule has 110 valence electrons. The Kier molecular flexibility index (Phi) is 6.73. The first-order chi connectivity index (χ1) is 9.54. The van der Waals surface area contributed by atoms with Gasteiger partial charge in [0, 0.05) is 30.4 Å². The fraction of sp³-hybridized carbons (Fsp3) is 0.467. The van der Waals surface area contributed by atoms with Gasteiger partial charge in [0.15, 0.2) is 0 Å². The van der Waals surface area contributed by atoms with E-state index in [4.69, 9.17) is 4.74 Å². The molecule has 0 unspecified atom stereocenters. The third kappa shape index (κ3) is 5.40. The third-order valence-electron chi connectivity index (χ3n) is 2.57. The molecule has 5 nitrogen and oxygen atoms in total. The second-order valence-corrected chi connectivity index (χ2v) is 4.64. The predicted molar refractivity (Wildman–Crippen MR) is 77.5 cm³/mol. The van der Waals surface area contributed by atoms with Crippen molar-refractivity contribution in [2.45, 2.75) is 33.4 Å². The number of hydrogen-bond donors (Lipinski definition) is 1. The van der Waals surface area contributed by atoms with Gasteiger partial charge in [0.05, 0.1) is 13.2 Å². The minimum Gasteiger partial charge on any atom is -0.475 e. The molecule has 0 radical (unpaired) electrons. The number of nitrogens with zero attached hydrogens (tertiary/aromatic N) is 1. The SMILES string of the molecule is COC(=O)/C(C)=C/CNCc1cccnc1OC(C)C. The topological polar surface area (TPSA) is 60.5 Å². The Bertz CT molecular complexity index is 470. The highest BCUT2D eigenvalue weighted by atomic mass is 16.5. The normalized spacial score (nSPS) is 11.6. The van der Waals surface area contributed by atoms with Crippen LogP contribution in [-0.2, 0) is 16.1 Å². The Hall–Kier alpha value is -1.88. The molecule has 0 amide bonds. The largest absolute Gasteiger partial charge is 0.475 e. The number of nitrogens with one attached hydrogen (secondary N) is 1. The first kappa shape index (κ1) is 16.2. The molecule has 1 heterocycles. The van der Waals surface area contributed by atoms with E-state index in [0.29, 0.717) is 24.5 Å². The van der Waals surface area contributed by atoms with E-state index >= 15 is 0 Å². The highest BCUT2D eigenvalue weighted by Gasteiger charge is 2.06. The monoisotopic (exact) mass is 278 g/mol. The molecule has 1 N–H and O–H groups in total. The van der Waals surface area contributed by atoms with Crippen LogP contribution in [0.15, 0.2) is 30.0 Å². The summed E-state index contributed by atoms with van der Waals surface area (Å²) >= 11 is 0. The molecule has 0 aliphatic carbocycles. The van der Waals surface area contributed by atoms with Crippen LogP contribution < -0.4 is 10.1 Å². The van der Waals surface area contributed by atoms with Gasteiger partial charge in [0.1, 0.15) is 0 Å². The fourth-order valence-corrected chi connectivity index (χ4v) is 1.56. The quantitative estimate of drug-likeness (QED) is 0.470. The second-order valence-electron chi connectivity index (χ2n) is 4.64. The zero-order valence-electron chi connectivity index (χ0n) is 12.5. The lowest BCUT2D eigenvalue weighted by Gasteiger charge is -2.12. The van der Waals surface area contributed by atoms with Crippen molar-refractivity contribution in [3.8, 4) is 5.88 Å².